The van der Waals surface area contributed by atoms with E-state index in [1.54, 1.807) is 0 Å². The maximum absolute atomic E-state index is 12.0. The number of rotatable bonds is 3. The molecule has 1 aromatic carbocycles. The maximum atomic E-state index is 12.0. The van der Waals surface area contributed by atoms with Crippen molar-refractivity contribution in [3.05, 3.63) is 47.5 Å². The van der Waals surface area contributed by atoms with Crippen LogP contribution < -0.4 is 0 Å². The van der Waals surface area contributed by atoms with Crippen molar-refractivity contribution in [1.82, 2.24) is 0 Å². The zero-order valence-corrected chi connectivity index (χ0v) is 10.8. The summed E-state index contributed by atoms with van der Waals surface area (Å²) in [5, 5.41) is 8.76. The minimum atomic E-state index is -1.56. The van der Waals surface area contributed by atoms with Crippen LogP contribution in [0.5, 0.6) is 0 Å². The fourth-order valence-electron chi connectivity index (χ4n) is 2.82. The molecular formula is C16H17F2N. The molecule has 100 valence electrons. The highest BCUT2D eigenvalue weighted by Crippen LogP contribution is 2.37. The monoisotopic (exact) mass is 261 g/mol. The van der Waals surface area contributed by atoms with Crippen molar-refractivity contribution in [2.24, 2.45) is 5.92 Å². The summed E-state index contributed by atoms with van der Waals surface area (Å²) in [5.74, 6) is 0.916. The van der Waals surface area contributed by atoms with E-state index in [0.29, 0.717) is 23.8 Å². The SMILES string of the molecule is N#Cc1ccc([C@H]2CC[C@H](CC=C(F)F)CC2)cc1. The Morgan fingerprint density at radius 3 is 2.32 bits per heavy atom. The Balaban J connectivity index is 1.89. The molecule has 19 heavy (non-hydrogen) atoms. The molecule has 0 spiro atoms. The first-order valence-corrected chi connectivity index (χ1v) is 6.70. The lowest BCUT2D eigenvalue weighted by Gasteiger charge is -2.28. The zero-order chi connectivity index (χ0) is 13.7. The van der Waals surface area contributed by atoms with E-state index < -0.39 is 6.08 Å². The molecule has 1 saturated carbocycles. The van der Waals surface area contributed by atoms with Crippen molar-refractivity contribution >= 4 is 0 Å². The molecule has 1 fully saturated rings. The van der Waals surface area contributed by atoms with Gasteiger partial charge in [0.1, 0.15) is 0 Å². The fraction of sp³-hybridized carbons (Fsp3) is 0.438. The summed E-state index contributed by atoms with van der Waals surface area (Å²) in [7, 11) is 0. The third-order valence-electron chi connectivity index (χ3n) is 3.96. The van der Waals surface area contributed by atoms with Gasteiger partial charge in [-0.1, -0.05) is 12.1 Å². The van der Waals surface area contributed by atoms with E-state index in [9.17, 15) is 8.78 Å². The van der Waals surface area contributed by atoms with Gasteiger partial charge in [-0.25, -0.2) is 0 Å². The van der Waals surface area contributed by atoms with Crippen LogP contribution in [0.4, 0.5) is 8.78 Å². The van der Waals surface area contributed by atoms with E-state index in [1.165, 1.54) is 5.56 Å². The van der Waals surface area contributed by atoms with E-state index in [-0.39, 0.29) is 0 Å². The summed E-state index contributed by atoms with van der Waals surface area (Å²) >= 11 is 0. The molecule has 0 radical (unpaired) electrons. The van der Waals surface area contributed by atoms with Crippen molar-refractivity contribution in [2.75, 3.05) is 0 Å². The van der Waals surface area contributed by atoms with Gasteiger partial charge in [-0.15, -0.1) is 0 Å². The Morgan fingerprint density at radius 1 is 1.16 bits per heavy atom. The normalized spacial score (nSPS) is 22.6. The summed E-state index contributed by atoms with van der Waals surface area (Å²) in [6.45, 7) is 0. The van der Waals surface area contributed by atoms with E-state index >= 15 is 0 Å². The van der Waals surface area contributed by atoms with Crippen molar-refractivity contribution in [2.45, 2.75) is 38.0 Å². The second kappa shape index (κ2) is 6.47. The van der Waals surface area contributed by atoms with Gasteiger partial charge < -0.3 is 0 Å². The summed E-state index contributed by atoms with van der Waals surface area (Å²) < 4.78 is 24.1. The lowest BCUT2D eigenvalue weighted by Crippen LogP contribution is -2.12. The van der Waals surface area contributed by atoms with Crippen LogP contribution in [0, 0.1) is 17.2 Å². The lowest BCUT2D eigenvalue weighted by atomic mass is 9.77. The Kier molecular flexibility index (Phi) is 4.68. The van der Waals surface area contributed by atoms with E-state index in [0.717, 1.165) is 31.8 Å². The number of allylic oxidation sites excluding steroid dienone is 1. The third kappa shape index (κ3) is 3.89. The summed E-state index contributed by atoms with van der Waals surface area (Å²) in [6.07, 6.45) is 4.11. The van der Waals surface area contributed by atoms with Gasteiger partial charge >= 0.3 is 0 Å². The van der Waals surface area contributed by atoms with Crippen molar-refractivity contribution in [3.63, 3.8) is 0 Å². The van der Waals surface area contributed by atoms with Gasteiger partial charge in [-0.3, -0.25) is 0 Å². The molecule has 2 rings (SSSR count). The minimum Gasteiger partial charge on any atom is -0.192 e. The molecule has 0 N–H and O–H groups in total. The van der Waals surface area contributed by atoms with Gasteiger partial charge in [0.05, 0.1) is 11.6 Å². The summed E-state index contributed by atoms with van der Waals surface area (Å²) in [6, 6.07) is 9.85. The largest absolute Gasteiger partial charge is 0.266 e. The number of benzene rings is 1. The number of halogens is 2. The second-order valence-electron chi connectivity index (χ2n) is 5.18. The molecule has 0 saturated heterocycles. The molecule has 0 unspecified atom stereocenters. The molecule has 1 aromatic rings. The second-order valence-corrected chi connectivity index (χ2v) is 5.18. The molecule has 1 aliphatic carbocycles. The quantitative estimate of drug-likeness (QED) is 0.750. The van der Waals surface area contributed by atoms with Crippen LogP contribution in [0.1, 0.15) is 49.1 Å². The third-order valence-corrected chi connectivity index (χ3v) is 3.96. The molecule has 0 amide bonds. The van der Waals surface area contributed by atoms with Crippen molar-refractivity contribution in [1.29, 1.82) is 5.26 Å². The first-order chi connectivity index (χ1) is 9.19. The topological polar surface area (TPSA) is 23.8 Å². The molecule has 0 aliphatic heterocycles. The highest BCUT2D eigenvalue weighted by Gasteiger charge is 2.21. The lowest BCUT2D eigenvalue weighted by molar-refractivity contribution is 0.322. The predicted octanol–water partition coefficient (Wildman–Crippen LogP) is 5.00. The molecular weight excluding hydrogens is 244 g/mol. The van der Waals surface area contributed by atoms with Crippen molar-refractivity contribution < 1.29 is 8.78 Å². The molecule has 1 aliphatic rings. The highest BCUT2D eigenvalue weighted by molar-refractivity contribution is 5.33. The van der Waals surface area contributed by atoms with Gasteiger partial charge in [0, 0.05) is 0 Å². The Morgan fingerprint density at radius 2 is 1.79 bits per heavy atom. The smallest absolute Gasteiger partial charge is 0.192 e. The number of hydrogen-bond acceptors (Lipinski definition) is 1. The molecule has 1 nitrogen and oxygen atoms in total. The molecule has 0 atom stereocenters. The minimum absolute atomic E-state index is 0.399. The predicted molar refractivity (Wildman–Crippen MR) is 70.8 cm³/mol. The molecule has 3 heteroatoms. The Bertz CT molecular complexity index is 472. The van der Waals surface area contributed by atoms with E-state index in [4.69, 9.17) is 5.26 Å². The standard InChI is InChI=1S/C16H17F2N/c17-16(18)10-5-12-1-6-14(7-2-12)15-8-3-13(11-19)4-9-15/h3-4,8-10,12,14H,1-2,5-7H2/t12-,14-. The van der Waals surface area contributed by atoms with Crippen LogP contribution in [0.2, 0.25) is 0 Å². The van der Waals surface area contributed by atoms with E-state index in [2.05, 4.69) is 6.07 Å². The van der Waals surface area contributed by atoms with Crippen LogP contribution in [0.25, 0.3) is 0 Å². The number of hydrogen-bond donors (Lipinski definition) is 0. The summed E-state index contributed by atoms with van der Waals surface area (Å²) in [4.78, 5) is 0. The Hall–Kier alpha value is -1.69. The van der Waals surface area contributed by atoms with Crippen molar-refractivity contribution in [3.8, 4) is 6.07 Å². The highest BCUT2D eigenvalue weighted by atomic mass is 19.3. The van der Waals surface area contributed by atoms with Crippen LogP contribution in [0.15, 0.2) is 36.4 Å². The first kappa shape index (κ1) is 13.7. The van der Waals surface area contributed by atoms with Gasteiger partial charge in [0.15, 0.2) is 0 Å². The van der Waals surface area contributed by atoms with Crippen LogP contribution in [0.3, 0.4) is 0 Å². The van der Waals surface area contributed by atoms with Gasteiger partial charge in [0.25, 0.3) is 6.08 Å². The van der Waals surface area contributed by atoms with Gasteiger partial charge in [-0.05, 0) is 67.7 Å². The van der Waals surface area contributed by atoms with Crippen LogP contribution in [-0.2, 0) is 0 Å². The number of nitrogens with zero attached hydrogens (tertiary/aromatic N) is 1. The maximum Gasteiger partial charge on any atom is 0.266 e. The van der Waals surface area contributed by atoms with Gasteiger partial charge in [-0.2, -0.15) is 14.0 Å². The Labute approximate surface area is 112 Å². The molecule has 0 aromatic heterocycles. The average molecular weight is 261 g/mol. The first-order valence-electron chi connectivity index (χ1n) is 6.70. The zero-order valence-electron chi connectivity index (χ0n) is 10.8. The average Bonchev–Trinajstić information content (AvgIpc) is 2.46. The summed E-state index contributed by atoms with van der Waals surface area (Å²) in [5.41, 5.74) is 1.95. The van der Waals surface area contributed by atoms with E-state index in [1.807, 2.05) is 24.3 Å². The van der Waals surface area contributed by atoms with Crippen LogP contribution >= 0.6 is 0 Å². The molecule has 0 bridgehead atoms. The van der Waals surface area contributed by atoms with Crippen LogP contribution in [-0.4, -0.2) is 0 Å². The van der Waals surface area contributed by atoms with Gasteiger partial charge in [0.2, 0.25) is 0 Å². The molecule has 0 heterocycles. The fourth-order valence-corrected chi connectivity index (χ4v) is 2.82. The number of nitriles is 1.